The molecule has 2 fully saturated rings. The summed E-state index contributed by atoms with van der Waals surface area (Å²) in [4.78, 5) is 15.0. The maximum absolute atomic E-state index is 12.9. The van der Waals surface area contributed by atoms with Crippen molar-refractivity contribution in [3.05, 3.63) is 35.9 Å². The van der Waals surface area contributed by atoms with Crippen molar-refractivity contribution in [1.82, 2.24) is 10.2 Å². The zero-order valence-electron chi connectivity index (χ0n) is 14.0. The first-order chi connectivity index (χ1) is 10.7. The molecule has 1 N–H and O–H groups in total. The molecule has 1 aromatic rings. The van der Waals surface area contributed by atoms with E-state index in [1.807, 2.05) is 6.07 Å². The molecule has 23 heavy (non-hydrogen) atoms. The summed E-state index contributed by atoms with van der Waals surface area (Å²) < 4.78 is 0. The Kier molecular flexibility index (Phi) is 6.91. The van der Waals surface area contributed by atoms with Gasteiger partial charge in [0.2, 0.25) is 5.91 Å². The summed E-state index contributed by atoms with van der Waals surface area (Å²) in [5.74, 6) is 1.04. The van der Waals surface area contributed by atoms with Crippen molar-refractivity contribution >= 4 is 18.3 Å². The van der Waals surface area contributed by atoms with Gasteiger partial charge >= 0.3 is 0 Å². The summed E-state index contributed by atoms with van der Waals surface area (Å²) in [6, 6.07) is 11.0. The Labute approximate surface area is 146 Å². The van der Waals surface area contributed by atoms with E-state index in [1.165, 1.54) is 31.2 Å². The van der Waals surface area contributed by atoms with Gasteiger partial charge in [0, 0.05) is 19.0 Å². The molecule has 1 saturated carbocycles. The van der Waals surface area contributed by atoms with Crippen LogP contribution in [0.15, 0.2) is 30.3 Å². The summed E-state index contributed by atoms with van der Waals surface area (Å²) in [6.07, 6.45) is 6.90. The van der Waals surface area contributed by atoms with Gasteiger partial charge in [-0.25, -0.2) is 0 Å². The Morgan fingerprint density at radius 2 is 1.96 bits per heavy atom. The predicted molar refractivity (Wildman–Crippen MR) is 96.8 cm³/mol. The van der Waals surface area contributed by atoms with E-state index >= 15 is 0 Å². The molecule has 128 valence electrons. The van der Waals surface area contributed by atoms with E-state index in [4.69, 9.17) is 0 Å². The minimum atomic E-state index is 0. The van der Waals surface area contributed by atoms with Gasteiger partial charge in [0.25, 0.3) is 0 Å². The molecule has 2 unspecified atom stereocenters. The second-order valence-corrected chi connectivity index (χ2v) is 6.93. The Morgan fingerprint density at radius 1 is 1.22 bits per heavy atom. The Balaban J connectivity index is 0.00000192. The number of nitrogens with zero attached hydrogens (tertiary/aromatic N) is 1. The van der Waals surface area contributed by atoms with Gasteiger partial charge < -0.3 is 10.2 Å². The third-order valence-corrected chi connectivity index (χ3v) is 5.33. The molecular weight excluding hydrogens is 308 g/mol. The van der Waals surface area contributed by atoms with Crippen LogP contribution >= 0.6 is 12.4 Å². The van der Waals surface area contributed by atoms with Crippen LogP contribution in [0.1, 0.15) is 57.1 Å². The Hall–Kier alpha value is -1.06. The van der Waals surface area contributed by atoms with Crippen LogP contribution in [-0.4, -0.2) is 29.9 Å². The highest BCUT2D eigenvalue weighted by Crippen LogP contribution is 2.31. The normalized spacial score (nSPS) is 22.0. The summed E-state index contributed by atoms with van der Waals surface area (Å²) >= 11 is 0. The van der Waals surface area contributed by atoms with Crippen LogP contribution < -0.4 is 5.32 Å². The highest BCUT2D eigenvalue weighted by molar-refractivity contribution is 5.85. The monoisotopic (exact) mass is 336 g/mol. The predicted octanol–water partition coefficient (Wildman–Crippen LogP) is 3.94. The lowest BCUT2D eigenvalue weighted by Gasteiger charge is -2.37. The van der Waals surface area contributed by atoms with Gasteiger partial charge in [-0.3, -0.25) is 4.79 Å². The van der Waals surface area contributed by atoms with Crippen LogP contribution in [-0.2, 0) is 4.79 Å². The molecule has 0 radical (unpaired) electrons. The van der Waals surface area contributed by atoms with Crippen LogP contribution in [0.25, 0.3) is 0 Å². The summed E-state index contributed by atoms with van der Waals surface area (Å²) in [5.41, 5.74) is 1.24. The quantitative estimate of drug-likeness (QED) is 0.853. The van der Waals surface area contributed by atoms with Gasteiger partial charge in [0.1, 0.15) is 0 Å². The maximum atomic E-state index is 12.9. The smallest absolute Gasteiger partial charge is 0.224 e. The number of halogens is 1. The minimum absolute atomic E-state index is 0. The third-order valence-electron chi connectivity index (χ3n) is 5.33. The fraction of sp³-hybridized carbons (Fsp3) is 0.632. The lowest BCUT2D eigenvalue weighted by Crippen LogP contribution is -2.41. The van der Waals surface area contributed by atoms with E-state index in [-0.39, 0.29) is 18.4 Å². The molecule has 2 atom stereocenters. The molecule has 1 heterocycles. The second-order valence-electron chi connectivity index (χ2n) is 6.93. The number of rotatable bonds is 6. The molecule has 3 rings (SSSR count). The molecule has 4 heteroatoms. The van der Waals surface area contributed by atoms with Crippen LogP contribution in [0.2, 0.25) is 0 Å². The highest BCUT2D eigenvalue weighted by Gasteiger charge is 2.29. The number of carbonyl (C=O) groups excluding carboxylic acids is 1. The number of hydrogen-bond acceptors (Lipinski definition) is 2. The fourth-order valence-corrected chi connectivity index (χ4v) is 3.60. The van der Waals surface area contributed by atoms with Gasteiger partial charge in [-0.2, -0.15) is 0 Å². The molecule has 1 saturated heterocycles. The maximum Gasteiger partial charge on any atom is 0.224 e. The zero-order chi connectivity index (χ0) is 15.4. The number of hydrogen-bond donors (Lipinski definition) is 1. The van der Waals surface area contributed by atoms with Crippen molar-refractivity contribution in [3.8, 4) is 0 Å². The van der Waals surface area contributed by atoms with Gasteiger partial charge in [0.15, 0.2) is 0 Å². The van der Waals surface area contributed by atoms with Crippen LogP contribution in [0.3, 0.4) is 0 Å². The summed E-state index contributed by atoms with van der Waals surface area (Å²) in [6.45, 7) is 4.17. The standard InChI is InChI=1S/C19H28N2O.ClH/c1-15(17-9-3-2-4-10-17)21(14-16-7-5-8-16)19(22)13-18-11-6-12-20-18;/h2-4,9-10,15-16,18,20H,5-8,11-14H2,1H3;1H. The molecule has 0 aromatic heterocycles. The largest absolute Gasteiger partial charge is 0.336 e. The van der Waals surface area contributed by atoms with Crippen LogP contribution in [0, 0.1) is 5.92 Å². The first-order valence-electron chi connectivity index (χ1n) is 8.82. The lowest BCUT2D eigenvalue weighted by atomic mass is 9.84. The Bertz CT molecular complexity index is 483. The van der Waals surface area contributed by atoms with E-state index in [0.717, 1.165) is 19.5 Å². The highest BCUT2D eigenvalue weighted by atomic mass is 35.5. The molecule has 1 aliphatic carbocycles. The zero-order valence-corrected chi connectivity index (χ0v) is 14.9. The first kappa shape index (κ1) is 18.3. The minimum Gasteiger partial charge on any atom is -0.336 e. The van der Waals surface area contributed by atoms with Crippen molar-refractivity contribution in [2.45, 2.75) is 57.5 Å². The molecule has 1 amide bonds. The topological polar surface area (TPSA) is 32.3 Å². The van der Waals surface area contributed by atoms with Crippen molar-refractivity contribution < 1.29 is 4.79 Å². The van der Waals surface area contributed by atoms with Gasteiger partial charge in [-0.15, -0.1) is 12.4 Å². The molecule has 0 spiro atoms. The van der Waals surface area contributed by atoms with E-state index in [9.17, 15) is 4.79 Å². The average Bonchev–Trinajstić information content (AvgIpc) is 2.99. The van der Waals surface area contributed by atoms with Crippen molar-refractivity contribution in [2.75, 3.05) is 13.1 Å². The molecule has 1 aromatic carbocycles. The Morgan fingerprint density at radius 3 is 2.52 bits per heavy atom. The van der Waals surface area contributed by atoms with E-state index in [0.29, 0.717) is 24.3 Å². The fourth-order valence-electron chi connectivity index (χ4n) is 3.60. The number of nitrogens with one attached hydrogen (secondary N) is 1. The van der Waals surface area contributed by atoms with E-state index in [1.54, 1.807) is 0 Å². The first-order valence-corrected chi connectivity index (χ1v) is 8.82. The van der Waals surface area contributed by atoms with E-state index < -0.39 is 0 Å². The SMILES string of the molecule is CC(c1ccccc1)N(CC1CCC1)C(=O)CC1CCCN1.Cl. The number of amides is 1. The lowest BCUT2D eigenvalue weighted by molar-refractivity contribution is -0.135. The van der Waals surface area contributed by atoms with Crippen molar-refractivity contribution in [1.29, 1.82) is 0 Å². The van der Waals surface area contributed by atoms with Crippen LogP contribution in [0.5, 0.6) is 0 Å². The van der Waals surface area contributed by atoms with E-state index in [2.05, 4.69) is 41.4 Å². The summed E-state index contributed by atoms with van der Waals surface area (Å²) in [5, 5.41) is 3.45. The second kappa shape index (κ2) is 8.70. The van der Waals surface area contributed by atoms with Crippen molar-refractivity contribution in [3.63, 3.8) is 0 Å². The van der Waals surface area contributed by atoms with Crippen LogP contribution in [0.4, 0.5) is 0 Å². The molecule has 1 aliphatic heterocycles. The number of carbonyl (C=O) groups is 1. The third kappa shape index (κ3) is 4.71. The number of benzene rings is 1. The molecular formula is C19H29ClN2O. The van der Waals surface area contributed by atoms with Crippen molar-refractivity contribution in [2.24, 2.45) is 5.92 Å². The molecule has 2 aliphatic rings. The van der Waals surface area contributed by atoms with Gasteiger partial charge in [0.05, 0.1) is 6.04 Å². The average molecular weight is 337 g/mol. The van der Waals surface area contributed by atoms with Gasteiger partial charge in [-0.05, 0) is 50.6 Å². The molecule has 0 bridgehead atoms. The summed E-state index contributed by atoms with van der Waals surface area (Å²) in [7, 11) is 0. The van der Waals surface area contributed by atoms with Gasteiger partial charge in [-0.1, -0.05) is 36.8 Å². The molecule has 3 nitrogen and oxygen atoms in total.